The Bertz CT molecular complexity index is 1120. The largest absolute Gasteiger partial charge is 0.479 e. The Balaban J connectivity index is 1.47. The lowest BCUT2D eigenvalue weighted by Crippen LogP contribution is -2.63. The van der Waals surface area contributed by atoms with E-state index >= 15 is 0 Å². The number of hydrogen-bond donors (Lipinski definition) is 2. The molecule has 0 bridgehead atoms. The van der Waals surface area contributed by atoms with Crippen molar-refractivity contribution >= 4 is 18.0 Å². The molecular weight excluding hydrogens is 444 g/mol. The average molecular weight is 477 g/mol. The number of hydrogen-bond acceptors (Lipinski definition) is 4. The molecule has 0 aliphatic heterocycles. The molecule has 0 aromatic heterocycles. The number of benzene rings is 2. The van der Waals surface area contributed by atoms with Gasteiger partial charge in [0.25, 0.3) is 0 Å². The lowest BCUT2D eigenvalue weighted by atomic mass is 9.75. The lowest BCUT2D eigenvalue weighted by molar-refractivity contribution is -0.164. The summed E-state index contributed by atoms with van der Waals surface area (Å²) >= 11 is 0. The van der Waals surface area contributed by atoms with Gasteiger partial charge in [-0.25, -0.2) is 9.59 Å². The van der Waals surface area contributed by atoms with Gasteiger partial charge in [-0.3, -0.25) is 4.79 Å². The average Bonchev–Trinajstić information content (AvgIpc) is 3.12. The van der Waals surface area contributed by atoms with Gasteiger partial charge >= 0.3 is 12.1 Å². The molecule has 1 fully saturated rings. The molecule has 1 unspecified atom stereocenters. The Morgan fingerprint density at radius 1 is 1.09 bits per heavy atom. The molecule has 4 rings (SSSR count). The second-order valence-corrected chi connectivity index (χ2v) is 9.63. The molecule has 2 aromatic rings. The minimum atomic E-state index is -1.21. The third-order valence-corrected chi connectivity index (χ3v) is 7.25. The van der Waals surface area contributed by atoms with E-state index in [-0.39, 0.29) is 18.9 Å². The molecule has 2 aromatic carbocycles. The number of nitrogens with zero attached hydrogens (tertiary/aromatic N) is 1. The van der Waals surface area contributed by atoms with Crippen LogP contribution in [-0.4, -0.2) is 53.2 Å². The van der Waals surface area contributed by atoms with E-state index in [0.717, 1.165) is 34.2 Å². The highest BCUT2D eigenvalue weighted by molar-refractivity contribution is 5.92. The number of carboxylic acid groups (broad SMARTS) is 1. The normalized spacial score (nSPS) is 16.2. The van der Waals surface area contributed by atoms with Crippen LogP contribution in [0.5, 0.6) is 0 Å². The number of amides is 2. The van der Waals surface area contributed by atoms with Crippen molar-refractivity contribution in [3.63, 3.8) is 0 Å². The molecule has 1 saturated carbocycles. The Labute approximate surface area is 205 Å². The molecule has 2 amide bonds. The van der Waals surface area contributed by atoms with Crippen LogP contribution in [0.15, 0.2) is 60.2 Å². The van der Waals surface area contributed by atoms with Gasteiger partial charge in [-0.1, -0.05) is 60.2 Å². The first-order valence-corrected chi connectivity index (χ1v) is 12.0. The molecule has 184 valence electrons. The van der Waals surface area contributed by atoms with Crippen LogP contribution in [0.2, 0.25) is 0 Å². The first kappa shape index (κ1) is 24.5. The van der Waals surface area contributed by atoms with Gasteiger partial charge in [-0.05, 0) is 61.8 Å². The molecule has 0 radical (unpaired) electrons. The fraction of sp³-hybridized carbons (Fsp3) is 0.393. The van der Waals surface area contributed by atoms with Crippen molar-refractivity contribution in [3.05, 3.63) is 71.3 Å². The van der Waals surface area contributed by atoms with Crippen LogP contribution in [0, 0.1) is 0 Å². The first-order chi connectivity index (χ1) is 16.7. The first-order valence-electron chi connectivity index (χ1n) is 12.0. The summed E-state index contributed by atoms with van der Waals surface area (Å²) in [5.41, 5.74) is 4.27. The van der Waals surface area contributed by atoms with E-state index in [1.807, 2.05) is 56.3 Å². The van der Waals surface area contributed by atoms with Crippen LogP contribution in [0.4, 0.5) is 4.79 Å². The minimum absolute atomic E-state index is 0.0898. The van der Waals surface area contributed by atoms with Gasteiger partial charge in [0.1, 0.15) is 18.2 Å². The summed E-state index contributed by atoms with van der Waals surface area (Å²) in [4.78, 5) is 39.3. The zero-order valence-electron chi connectivity index (χ0n) is 20.4. The SMILES string of the molecule is CC(C)=CCC(NC(=O)OCC1c2ccccc2-c2ccccc21)C(=O)N(C)C1(C(=O)O)CCC1. The number of rotatable bonds is 8. The second-order valence-electron chi connectivity index (χ2n) is 9.63. The maximum atomic E-state index is 13.3. The van der Waals surface area contributed by atoms with Crippen molar-refractivity contribution in [2.45, 2.75) is 57.0 Å². The number of carboxylic acids is 1. The van der Waals surface area contributed by atoms with Gasteiger partial charge in [0, 0.05) is 13.0 Å². The molecule has 2 aliphatic rings. The summed E-state index contributed by atoms with van der Waals surface area (Å²) in [5, 5.41) is 12.4. The number of carbonyl (C=O) groups is 3. The zero-order chi connectivity index (χ0) is 25.2. The monoisotopic (exact) mass is 476 g/mol. The molecule has 0 saturated heterocycles. The molecule has 2 aliphatic carbocycles. The second kappa shape index (κ2) is 9.94. The number of allylic oxidation sites excluding steroid dienone is 1. The fourth-order valence-electron chi connectivity index (χ4n) is 5.01. The maximum Gasteiger partial charge on any atom is 0.407 e. The Morgan fingerprint density at radius 2 is 1.66 bits per heavy atom. The van der Waals surface area contributed by atoms with Crippen LogP contribution in [0.3, 0.4) is 0 Å². The highest BCUT2D eigenvalue weighted by Gasteiger charge is 2.50. The molecular formula is C28H32N2O5. The summed E-state index contributed by atoms with van der Waals surface area (Å²) in [6, 6.07) is 15.2. The van der Waals surface area contributed by atoms with E-state index in [9.17, 15) is 19.5 Å². The van der Waals surface area contributed by atoms with Gasteiger partial charge in [-0.2, -0.15) is 0 Å². The standard InChI is InChI=1S/C28H32N2O5/c1-18(2)13-14-24(25(31)30(3)28(26(32)33)15-8-16-28)29-27(34)35-17-23-21-11-6-4-9-19(21)20-10-5-7-12-22(20)23/h4-7,9-13,23-24H,8,14-17H2,1-3H3,(H,29,34)(H,32,33). The van der Waals surface area contributed by atoms with Gasteiger partial charge < -0.3 is 20.1 Å². The van der Waals surface area contributed by atoms with Crippen LogP contribution < -0.4 is 5.32 Å². The van der Waals surface area contributed by atoms with E-state index < -0.39 is 29.6 Å². The highest BCUT2D eigenvalue weighted by atomic mass is 16.5. The number of alkyl carbamates (subject to hydrolysis) is 1. The number of likely N-dealkylation sites (N-methyl/N-ethyl adjacent to an activating group) is 1. The van der Waals surface area contributed by atoms with Gasteiger partial charge in [-0.15, -0.1) is 0 Å². The zero-order valence-corrected chi connectivity index (χ0v) is 20.4. The van der Waals surface area contributed by atoms with Crippen LogP contribution >= 0.6 is 0 Å². The van der Waals surface area contributed by atoms with Crippen LogP contribution in [0.1, 0.15) is 56.6 Å². The van der Waals surface area contributed by atoms with E-state index in [4.69, 9.17) is 4.74 Å². The topological polar surface area (TPSA) is 95.9 Å². The van der Waals surface area contributed by atoms with Crippen LogP contribution in [-0.2, 0) is 14.3 Å². The van der Waals surface area contributed by atoms with E-state index in [1.165, 1.54) is 11.9 Å². The predicted molar refractivity (Wildman–Crippen MR) is 133 cm³/mol. The number of ether oxygens (including phenoxy) is 1. The number of fused-ring (bicyclic) bond motifs is 3. The minimum Gasteiger partial charge on any atom is -0.479 e. The van der Waals surface area contributed by atoms with Gasteiger partial charge in [0.05, 0.1) is 0 Å². The van der Waals surface area contributed by atoms with Crippen molar-refractivity contribution in [1.82, 2.24) is 10.2 Å². The Hall–Kier alpha value is -3.61. The molecule has 35 heavy (non-hydrogen) atoms. The van der Waals surface area contributed by atoms with Crippen molar-refractivity contribution in [2.24, 2.45) is 0 Å². The smallest absolute Gasteiger partial charge is 0.407 e. The van der Waals surface area contributed by atoms with Crippen molar-refractivity contribution < 1.29 is 24.2 Å². The number of nitrogens with one attached hydrogen (secondary N) is 1. The molecule has 0 spiro atoms. The lowest BCUT2D eigenvalue weighted by Gasteiger charge is -2.45. The van der Waals surface area contributed by atoms with Crippen molar-refractivity contribution in [3.8, 4) is 11.1 Å². The predicted octanol–water partition coefficient (Wildman–Crippen LogP) is 4.72. The third kappa shape index (κ3) is 4.67. The highest BCUT2D eigenvalue weighted by Crippen LogP contribution is 2.44. The molecule has 2 N–H and O–H groups in total. The number of aliphatic carboxylic acids is 1. The summed E-state index contributed by atoms with van der Waals surface area (Å²) in [6.45, 7) is 3.95. The van der Waals surface area contributed by atoms with Crippen LogP contribution in [0.25, 0.3) is 11.1 Å². The van der Waals surface area contributed by atoms with Crippen molar-refractivity contribution in [1.29, 1.82) is 0 Å². The quantitative estimate of drug-likeness (QED) is 0.538. The molecule has 1 atom stereocenters. The summed E-state index contributed by atoms with van der Waals surface area (Å²) < 4.78 is 5.62. The molecule has 7 heteroatoms. The summed E-state index contributed by atoms with van der Waals surface area (Å²) in [5.74, 6) is -1.53. The number of carbonyl (C=O) groups excluding carboxylic acids is 2. The summed E-state index contributed by atoms with van der Waals surface area (Å²) in [6.07, 6.45) is 2.98. The van der Waals surface area contributed by atoms with Crippen molar-refractivity contribution in [2.75, 3.05) is 13.7 Å². The summed E-state index contributed by atoms with van der Waals surface area (Å²) in [7, 11) is 1.50. The maximum absolute atomic E-state index is 13.3. The molecule has 7 nitrogen and oxygen atoms in total. The third-order valence-electron chi connectivity index (χ3n) is 7.25. The fourth-order valence-corrected chi connectivity index (χ4v) is 5.01. The van der Waals surface area contributed by atoms with Gasteiger partial charge in [0.2, 0.25) is 5.91 Å². The van der Waals surface area contributed by atoms with E-state index in [1.54, 1.807) is 0 Å². The Morgan fingerprint density at radius 3 is 2.14 bits per heavy atom. The van der Waals surface area contributed by atoms with Gasteiger partial charge in [0.15, 0.2) is 0 Å². The van der Waals surface area contributed by atoms with E-state index in [2.05, 4.69) is 17.4 Å². The van der Waals surface area contributed by atoms with E-state index in [0.29, 0.717) is 12.8 Å². The molecule has 0 heterocycles. The Kier molecular flexibility index (Phi) is 6.96.